The molecule has 1 aromatic rings. The van der Waals surface area contributed by atoms with Crippen LogP contribution in [0.5, 0.6) is 0 Å². The maximum absolute atomic E-state index is 12.9. The number of carbonyl (C=O) groups excluding carboxylic acids is 2. The van der Waals surface area contributed by atoms with Gasteiger partial charge in [-0.25, -0.2) is 10.9 Å². The molecule has 4 rings (SSSR count). The molecule has 2 N–H and O–H groups in total. The molecule has 2 unspecified atom stereocenters. The highest BCUT2D eigenvalue weighted by Gasteiger charge is 2.35. The van der Waals surface area contributed by atoms with Gasteiger partial charge in [-0.3, -0.25) is 14.6 Å². The molecule has 2 saturated heterocycles. The summed E-state index contributed by atoms with van der Waals surface area (Å²) in [5, 5.41) is 0. The lowest BCUT2D eigenvalue weighted by atomic mass is 9.88. The molecule has 3 aliphatic rings. The Morgan fingerprint density at radius 3 is 2.19 bits per heavy atom. The van der Waals surface area contributed by atoms with Crippen LogP contribution in [0.25, 0.3) is 0 Å². The topological polar surface area (TPSA) is 77.6 Å². The maximum Gasteiger partial charge on any atom is 0.241 e. The van der Waals surface area contributed by atoms with Crippen LogP contribution in [0.2, 0.25) is 0 Å². The fraction of sp³-hybridized carbons (Fsp3) is 0.650. The summed E-state index contributed by atoms with van der Waals surface area (Å²) < 4.78 is 0. The quantitative estimate of drug-likeness (QED) is 0.836. The molecule has 146 valence electrons. The van der Waals surface area contributed by atoms with Gasteiger partial charge in [0.05, 0.1) is 0 Å². The highest BCUT2D eigenvalue weighted by molar-refractivity contribution is 5.83. The van der Waals surface area contributed by atoms with Crippen molar-refractivity contribution in [1.29, 1.82) is 0 Å². The van der Waals surface area contributed by atoms with Gasteiger partial charge in [-0.05, 0) is 37.0 Å². The Kier molecular flexibility index (Phi) is 5.69. The first kappa shape index (κ1) is 18.4. The van der Waals surface area contributed by atoms with Crippen LogP contribution in [-0.2, 0) is 9.59 Å². The fourth-order valence-corrected chi connectivity index (χ4v) is 4.51. The van der Waals surface area contributed by atoms with Crippen molar-refractivity contribution in [3.8, 4) is 0 Å². The molecule has 3 fully saturated rings. The third kappa shape index (κ3) is 4.14. The summed E-state index contributed by atoms with van der Waals surface area (Å²) in [5.41, 5.74) is 7.50. The second-order valence-electron chi connectivity index (χ2n) is 7.90. The van der Waals surface area contributed by atoms with Crippen LogP contribution in [0.1, 0.15) is 50.1 Å². The number of pyridine rings is 1. The summed E-state index contributed by atoms with van der Waals surface area (Å²) in [7, 11) is 0. The molecule has 2 aliphatic heterocycles. The van der Waals surface area contributed by atoms with E-state index >= 15 is 0 Å². The molecule has 27 heavy (non-hydrogen) atoms. The van der Waals surface area contributed by atoms with Gasteiger partial charge < -0.3 is 9.80 Å². The largest absolute Gasteiger partial charge is 0.339 e. The van der Waals surface area contributed by atoms with Crippen molar-refractivity contribution in [3.05, 3.63) is 30.1 Å². The van der Waals surface area contributed by atoms with Crippen molar-refractivity contribution in [2.45, 2.75) is 50.6 Å². The molecule has 1 aromatic heterocycles. The Morgan fingerprint density at radius 1 is 0.889 bits per heavy atom. The zero-order valence-corrected chi connectivity index (χ0v) is 15.8. The smallest absolute Gasteiger partial charge is 0.241 e. The van der Waals surface area contributed by atoms with E-state index in [0.717, 1.165) is 24.8 Å². The van der Waals surface area contributed by atoms with Crippen LogP contribution in [0.15, 0.2) is 24.5 Å². The number of hydrazine groups is 1. The molecule has 0 radical (unpaired) electrons. The van der Waals surface area contributed by atoms with E-state index in [1.165, 1.54) is 19.3 Å². The Morgan fingerprint density at radius 2 is 1.52 bits per heavy atom. The molecule has 1 saturated carbocycles. The van der Waals surface area contributed by atoms with Crippen molar-refractivity contribution in [3.63, 3.8) is 0 Å². The monoisotopic (exact) mass is 371 g/mol. The molecule has 2 amide bonds. The van der Waals surface area contributed by atoms with Crippen LogP contribution in [-0.4, -0.2) is 58.8 Å². The minimum absolute atomic E-state index is 0.121. The van der Waals surface area contributed by atoms with Gasteiger partial charge in [0, 0.05) is 50.5 Å². The minimum Gasteiger partial charge on any atom is -0.339 e. The number of piperazine rings is 1. The third-order valence-electron chi connectivity index (χ3n) is 6.17. The van der Waals surface area contributed by atoms with Gasteiger partial charge in [0.1, 0.15) is 6.04 Å². The fourth-order valence-electron chi connectivity index (χ4n) is 4.51. The normalized spacial score (nSPS) is 27.0. The summed E-state index contributed by atoms with van der Waals surface area (Å²) in [5.74, 6) is 0.645. The van der Waals surface area contributed by atoms with Gasteiger partial charge in [-0.2, -0.15) is 0 Å². The molecule has 7 heteroatoms. The molecule has 3 heterocycles. The maximum atomic E-state index is 12.9. The van der Waals surface area contributed by atoms with Crippen LogP contribution >= 0.6 is 0 Å². The summed E-state index contributed by atoms with van der Waals surface area (Å²) >= 11 is 0. The first-order valence-electron chi connectivity index (χ1n) is 10.2. The van der Waals surface area contributed by atoms with Gasteiger partial charge >= 0.3 is 0 Å². The Balaban J connectivity index is 1.27. The SMILES string of the molecule is O=C(C1CCCCC1)N1CCN(C(=O)C2CC(c3ccncc3)NN2)CC1. The number of rotatable bonds is 3. The van der Waals surface area contributed by atoms with E-state index in [1.807, 2.05) is 21.9 Å². The summed E-state index contributed by atoms with van der Waals surface area (Å²) in [6.45, 7) is 2.59. The zero-order valence-electron chi connectivity index (χ0n) is 15.8. The first-order valence-corrected chi connectivity index (χ1v) is 10.2. The Bertz CT molecular complexity index is 654. The zero-order chi connectivity index (χ0) is 18.6. The number of amides is 2. The van der Waals surface area contributed by atoms with Gasteiger partial charge in [-0.1, -0.05) is 19.3 Å². The van der Waals surface area contributed by atoms with Crippen molar-refractivity contribution in [1.82, 2.24) is 25.6 Å². The first-order chi connectivity index (χ1) is 13.2. The van der Waals surface area contributed by atoms with E-state index in [4.69, 9.17) is 0 Å². The predicted molar refractivity (Wildman–Crippen MR) is 101 cm³/mol. The molecule has 0 spiro atoms. The Labute approximate surface area is 160 Å². The average molecular weight is 371 g/mol. The summed E-state index contributed by atoms with van der Waals surface area (Å²) in [6.07, 6.45) is 9.95. The second-order valence-corrected chi connectivity index (χ2v) is 7.90. The van der Waals surface area contributed by atoms with E-state index < -0.39 is 0 Å². The van der Waals surface area contributed by atoms with Gasteiger partial charge in [0.2, 0.25) is 11.8 Å². The van der Waals surface area contributed by atoms with E-state index in [0.29, 0.717) is 32.1 Å². The molecular weight excluding hydrogens is 342 g/mol. The van der Waals surface area contributed by atoms with Crippen LogP contribution in [0, 0.1) is 5.92 Å². The number of aromatic nitrogens is 1. The standard InChI is InChI=1S/C20H29N5O2/c26-19(16-4-2-1-3-5-16)24-10-12-25(13-11-24)20(27)18-14-17(22-23-18)15-6-8-21-9-7-15/h6-9,16-18,22-23H,1-5,10-14H2. The third-order valence-corrected chi connectivity index (χ3v) is 6.17. The van der Waals surface area contributed by atoms with E-state index in [9.17, 15) is 9.59 Å². The lowest BCUT2D eigenvalue weighted by Gasteiger charge is -2.38. The molecule has 2 atom stereocenters. The van der Waals surface area contributed by atoms with Crippen molar-refractivity contribution in [2.24, 2.45) is 5.92 Å². The summed E-state index contributed by atoms with van der Waals surface area (Å²) in [6, 6.07) is 3.85. The lowest BCUT2D eigenvalue weighted by molar-refractivity contribution is -0.143. The molecule has 0 aromatic carbocycles. The van der Waals surface area contributed by atoms with Crippen LogP contribution < -0.4 is 10.9 Å². The molecule has 0 bridgehead atoms. The lowest BCUT2D eigenvalue weighted by Crippen LogP contribution is -2.55. The number of hydrogen-bond donors (Lipinski definition) is 2. The highest BCUT2D eigenvalue weighted by Crippen LogP contribution is 2.26. The van der Waals surface area contributed by atoms with Crippen molar-refractivity contribution >= 4 is 11.8 Å². The van der Waals surface area contributed by atoms with Crippen molar-refractivity contribution < 1.29 is 9.59 Å². The van der Waals surface area contributed by atoms with Crippen molar-refractivity contribution in [2.75, 3.05) is 26.2 Å². The number of nitrogens with zero attached hydrogens (tertiary/aromatic N) is 3. The molecule has 1 aliphatic carbocycles. The van der Waals surface area contributed by atoms with Crippen LogP contribution in [0.3, 0.4) is 0 Å². The summed E-state index contributed by atoms with van der Waals surface area (Å²) in [4.78, 5) is 33.5. The van der Waals surface area contributed by atoms with E-state index in [1.54, 1.807) is 12.4 Å². The van der Waals surface area contributed by atoms with Crippen LogP contribution in [0.4, 0.5) is 0 Å². The molecule has 7 nitrogen and oxygen atoms in total. The predicted octanol–water partition coefficient (Wildman–Crippen LogP) is 1.24. The minimum atomic E-state index is -0.219. The number of carbonyl (C=O) groups is 2. The number of hydrogen-bond acceptors (Lipinski definition) is 5. The number of nitrogens with one attached hydrogen (secondary N) is 2. The van der Waals surface area contributed by atoms with Gasteiger partial charge in [-0.15, -0.1) is 0 Å². The van der Waals surface area contributed by atoms with E-state index in [-0.39, 0.29) is 23.9 Å². The average Bonchev–Trinajstić information content (AvgIpc) is 3.24. The second kappa shape index (κ2) is 8.35. The highest BCUT2D eigenvalue weighted by atomic mass is 16.2. The molecular formula is C20H29N5O2. The van der Waals surface area contributed by atoms with Gasteiger partial charge in [0.15, 0.2) is 0 Å². The Hall–Kier alpha value is -1.99. The van der Waals surface area contributed by atoms with E-state index in [2.05, 4.69) is 15.8 Å². The van der Waals surface area contributed by atoms with Gasteiger partial charge in [0.25, 0.3) is 0 Å².